The number of carbonyl (C=O) groups is 1. The van der Waals surface area contributed by atoms with Gasteiger partial charge in [0.2, 0.25) is 0 Å². The number of hydrogen-bond donors (Lipinski definition) is 2. The van der Waals surface area contributed by atoms with E-state index in [9.17, 15) is 4.79 Å². The fourth-order valence-electron chi connectivity index (χ4n) is 2.35. The molecule has 3 rings (SSSR count). The van der Waals surface area contributed by atoms with Gasteiger partial charge in [0.1, 0.15) is 5.75 Å². The van der Waals surface area contributed by atoms with Crippen LogP contribution in [0.15, 0.2) is 42.7 Å². The third-order valence-electron chi connectivity index (χ3n) is 4.01. The molecule has 1 aromatic carbocycles. The third kappa shape index (κ3) is 4.13. The van der Waals surface area contributed by atoms with Gasteiger partial charge in [-0.25, -0.2) is 4.79 Å². The summed E-state index contributed by atoms with van der Waals surface area (Å²) in [5.41, 5.74) is 1.89. The molecular formula is C17H17ClN2O3. The minimum absolute atomic E-state index is 0.0747. The molecule has 5 nitrogen and oxygen atoms in total. The van der Waals surface area contributed by atoms with E-state index < -0.39 is 6.09 Å². The maximum Gasteiger partial charge on any atom is 0.404 e. The lowest BCUT2D eigenvalue weighted by molar-refractivity contribution is 0.184. The van der Waals surface area contributed by atoms with Crippen molar-refractivity contribution in [3.63, 3.8) is 0 Å². The first-order valence-electron chi connectivity index (χ1n) is 7.37. The second-order valence-corrected chi connectivity index (χ2v) is 6.30. The molecule has 0 bridgehead atoms. The lowest BCUT2D eigenvalue weighted by atomic mass is 10.1. The summed E-state index contributed by atoms with van der Waals surface area (Å²) < 4.78 is 5.83. The highest BCUT2D eigenvalue weighted by Crippen LogP contribution is 2.45. The van der Waals surface area contributed by atoms with E-state index in [4.69, 9.17) is 21.4 Å². The fraction of sp³-hybridized carbons (Fsp3) is 0.294. The fourth-order valence-corrected chi connectivity index (χ4v) is 2.47. The smallest absolute Gasteiger partial charge is 0.404 e. The summed E-state index contributed by atoms with van der Waals surface area (Å²) in [5.74, 6) is 0.680. The Balaban J connectivity index is 1.64. The largest absolute Gasteiger partial charge is 0.491 e. The zero-order valence-corrected chi connectivity index (χ0v) is 13.2. The van der Waals surface area contributed by atoms with E-state index in [1.54, 1.807) is 12.4 Å². The van der Waals surface area contributed by atoms with E-state index in [2.05, 4.69) is 10.3 Å². The number of rotatable bonds is 6. The van der Waals surface area contributed by atoms with Crippen molar-refractivity contribution in [3.05, 3.63) is 47.7 Å². The van der Waals surface area contributed by atoms with Crippen LogP contribution in [0.5, 0.6) is 5.75 Å². The molecule has 120 valence electrons. The molecule has 0 unspecified atom stereocenters. The molecular weight excluding hydrogens is 316 g/mol. The van der Waals surface area contributed by atoms with Crippen molar-refractivity contribution in [2.24, 2.45) is 5.41 Å². The molecule has 1 heterocycles. The second kappa shape index (κ2) is 6.46. The van der Waals surface area contributed by atoms with Crippen LogP contribution in [0.3, 0.4) is 0 Å². The zero-order valence-electron chi connectivity index (χ0n) is 12.5. The molecule has 2 N–H and O–H groups in total. The molecule has 0 aliphatic heterocycles. The van der Waals surface area contributed by atoms with Crippen molar-refractivity contribution >= 4 is 17.7 Å². The van der Waals surface area contributed by atoms with E-state index >= 15 is 0 Å². The second-order valence-electron chi connectivity index (χ2n) is 5.86. The third-order valence-corrected chi connectivity index (χ3v) is 4.26. The van der Waals surface area contributed by atoms with Crippen LogP contribution in [0.4, 0.5) is 4.79 Å². The maximum atomic E-state index is 10.6. The minimum atomic E-state index is -0.998. The Bertz CT molecular complexity index is 699. The number of carboxylic acid groups (broad SMARTS) is 1. The van der Waals surface area contributed by atoms with Crippen molar-refractivity contribution in [3.8, 4) is 16.9 Å². The average molecular weight is 333 g/mol. The van der Waals surface area contributed by atoms with Gasteiger partial charge >= 0.3 is 6.09 Å². The van der Waals surface area contributed by atoms with Crippen LogP contribution < -0.4 is 10.1 Å². The van der Waals surface area contributed by atoms with Gasteiger partial charge in [0.25, 0.3) is 0 Å². The molecule has 1 amide bonds. The van der Waals surface area contributed by atoms with Crippen LogP contribution in [-0.4, -0.2) is 29.3 Å². The normalized spacial score (nSPS) is 15.0. The molecule has 1 saturated carbocycles. The zero-order chi connectivity index (χ0) is 16.3. The Labute approximate surface area is 139 Å². The van der Waals surface area contributed by atoms with Gasteiger partial charge in [0.15, 0.2) is 0 Å². The van der Waals surface area contributed by atoms with Gasteiger partial charge in [-0.05, 0) is 36.6 Å². The first-order valence-corrected chi connectivity index (χ1v) is 7.75. The number of halogens is 1. The molecule has 23 heavy (non-hydrogen) atoms. The number of benzene rings is 1. The lowest BCUT2D eigenvalue weighted by Crippen LogP contribution is -2.31. The van der Waals surface area contributed by atoms with E-state index in [0.29, 0.717) is 23.9 Å². The highest BCUT2D eigenvalue weighted by atomic mass is 35.5. The first kappa shape index (κ1) is 15.6. The number of ether oxygens (including phenoxy) is 1. The predicted octanol–water partition coefficient (Wildman–Crippen LogP) is 3.83. The summed E-state index contributed by atoms with van der Waals surface area (Å²) in [7, 11) is 0. The number of pyridine rings is 1. The van der Waals surface area contributed by atoms with Crippen LogP contribution in [0.1, 0.15) is 12.8 Å². The van der Waals surface area contributed by atoms with Gasteiger partial charge in [-0.15, -0.1) is 0 Å². The quantitative estimate of drug-likeness (QED) is 0.843. The lowest BCUT2D eigenvalue weighted by Gasteiger charge is -2.16. The molecule has 2 aromatic rings. The monoisotopic (exact) mass is 332 g/mol. The first-order chi connectivity index (χ1) is 11.1. The number of nitrogens with zero attached hydrogens (tertiary/aromatic N) is 1. The van der Waals surface area contributed by atoms with Crippen LogP contribution in [0.2, 0.25) is 5.02 Å². The number of hydrogen-bond acceptors (Lipinski definition) is 3. The van der Waals surface area contributed by atoms with E-state index in [1.165, 1.54) is 0 Å². The Kier molecular flexibility index (Phi) is 4.39. The molecule has 1 aliphatic carbocycles. The Morgan fingerprint density at radius 2 is 2.00 bits per heavy atom. The van der Waals surface area contributed by atoms with Crippen LogP contribution in [-0.2, 0) is 0 Å². The number of amides is 1. The number of aromatic nitrogens is 1. The summed E-state index contributed by atoms with van der Waals surface area (Å²) in [6.07, 6.45) is 4.38. The van der Waals surface area contributed by atoms with Crippen LogP contribution in [0.25, 0.3) is 11.1 Å². The Morgan fingerprint density at radius 1 is 1.26 bits per heavy atom. The van der Waals surface area contributed by atoms with Gasteiger partial charge in [-0.3, -0.25) is 4.98 Å². The molecule has 1 aliphatic rings. The topological polar surface area (TPSA) is 71.5 Å². The summed E-state index contributed by atoms with van der Waals surface area (Å²) >= 11 is 5.90. The highest BCUT2D eigenvalue weighted by Gasteiger charge is 2.43. The van der Waals surface area contributed by atoms with Gasteiger partial charge in [-0.2, -0.15) is 0 Å². The molecule has 0 atom stereocenters. The van der Waals surface area contributed by atoms with Gasteiger partial charge in [-0.1, -0.05) is 23.7 Å². The number of nitrogens with one attached hydrogen (secondary N) is 1. The predicted molar refractivity (Wildman–Crippen MR) is 87.9 cm³/mol. The van der Waals surface area contributed by atoms with Crippen molar-refractivity contribution in [2.45, 2.75) is 12.8 Å². The van der Waals surface area contributed by atoms with E-state index in [1.807, 2.05) is 30.3 Å². The van der Waals surface area contributed by atoms with Gasteiger partial charge < -0.3 is 15.2 Å². The van der Waals surface area contributed by atoms with Crippen molar-refractivity contribution in [1.82, 2.24) is 10.3 Å². The van der Waals surface area contributed by atoms with E-state index in [-0.39, 0.29) is 5.41 Å². The van der Waals surface area contributed by atoms with Crippen molar-refractivity contribution in [2.75, 3.05) is 13.2 Å². The van der Waals surface area contributed by atoms with Gasteiger partial charge in [0.05, 0.1) is 12.8 Å². The molecule has 0 spiro atoms. The Morgan fingerprint density at radius 3 is 2.65 bits per heavy atom. The molecule has 0 radical (unpaired) electrons. The van der Waals surface area contributed by atoms with Crippen LogP contribution in [0, 0.1) is 5.41 Å². The highest BCUT2D eigenvalue weighted by molar-refractivity contribution is 6.30. The Hall–Kier alpha value is -2.27. The average Bonchev–Trinajstić information content (AvgIpc) is 3.33. The molecule has 0 saturated heterocycles. The summed E-state index contributed by atoms with van der Waals surface area (Å²) in [6, 6.07) is 9.46. The molecule has 1 aromatic heterocycles. The minimum Gasteiger partial charge on any atom is -0.491 e. The van der Waals surface area contributed by atoms with Crippen LogP contribution >= 0.6 is 11.6 Å². The SMILES string of the molecule is O=C(O)NCC1(COc2cncc(-c3ccc(Cl)cc3)c2)CC1. The van der Waals surface area contributed by atoms with Crippen molar-refractivity contribution in [1.29, 1.82) is 0 Å². The maximum absolute atomic E-state index is 10.6. The summed E-state index contributed by atoms with van der Waals surface area (Å²) in [4.78, 5) is 14.8. The van der Waals surface area contributed by atoms with Crippen molar-refractivity contribution < 1.29 is 14.6 Å². The summed E-state index contributed by atoms with van der Waals surface area (Å²) in [6.45, 7) is 0.908. The molecule has 6 heteroatoms. The summed E-state index contributed by atoms with van der Waals surface area (Å²) in [5, 5.41) is 11.8. The standard InChI is InChI=1S/C17H17ClN2O3/c18-14-3-1-12(2-4-14)13-7-15(9-19-8-13)23-11-17(5-6-17)10-20-16(21)22/h1-4,7-9,20H,5-6,10-11H2,(H,21,22). The van der Waals surface area contributed by atoms with E-state index in [0.717, 1.165) is 24.0 Å². The van der Waals surface area contributed by atoms with Gasteiger partial charge in [0, 0.05) is 28.7 Å². The molecule has 1 fully saturated rings.